The lowest BCUT2D eigenvalue weighted by Gasteiger charge is -2.36. The van der Waals surface area contributed by atoms with Crippen molar-refractivity contribution in [1.82, 2.24) is 14.1 Å². The molecule has 0 bridgehead atoms. The molecule has 0 saturated carbocycles. The van der Waals surface area contributed by atoms with Crippen LogP contribution in [0.1, 0.15) is 26.7 Å². The molecule has 2 aliphatic heterocycles. The van der Waals surface area contributed by atoms with Gasteiger partial charge in [-0.15, -0.1) is 0 Å². The van der Waals surface area contributed by atoms with Crippen LogP contribution in [0.15, 0.2) is 29.2 Å². The van der Waals surface area contributed by atoms with E-state index in [0.717, 1.165) is 12.5 Å². The number of amides is 2. The maximum absolute atomic E-state index is 13.4. The first-order valence-electron chi connectivity index (χ1n) is 9.54. The van der Waals surface area contributed by atoms with Gasteiger partial charge < -0.3 is 0 Å². The predicted molar refractivity (Wildman–Crippen MR) is 101 cm³/mol. The van der Waals surface area contributed by atoms with Crippen LogP contribution in [0, 0.1) is 11.7 Å². The van der Waals surface area contributed by atoms with Crippen LogP contribution in [0.25, 0.3) is 0 Å². The Labute approximate surface area is 165 Å². The number of sulfonamides is 1. The number of likely N-dealkylation sites (tertiary alicyclic amines) is 1. The Morgan fingerprint density at radius 1 is 1.14 bits per heavy atom. The fraction of sp³-hybridized carbons (Fsp3) is 0.579. The maximum Gasteiger partial charge on any atom is 0.247 e. The summed E-state index contributed by atoms with van der Waals surface area (Å²) < 4.78 is 40.1. The number of imide groups is 1. The third-order valence-corrected chi connectivity index (χ3v) is 7.19. The summed E-state index contributed by atoms with van der Waals surface area (Å²) in [5.74, 6) is -0.551. The van der Waals surface area contributed by atoms with Gasteiger partial charge in [0.1, 0.15) is 5.82 Å². The minimum Gasteiger partial charge on any atom is -0.289 e. The van der Waals surface area contributed by atoms with Gasteiger partial charge in [-0.3, -0.25) is 19.4 Å². The number of hydrogen-bond acceptors (Lipinski definition) is 5. The average molecular weight is 411 g/mol. The summed E-state index contributed by atoms with van der Waals surface area (Å²) in [6, 6.07) is 4.43. The molecule has 1 aromatic rings. The van der Waals surface area contributed by atoms with Gasteiger partial charge in [-0.25, -0.2) is 12.8 Å². The molecule has 0 aliphatic carbocycles. The average Bonchev–Trinajstić information content (AvgIpc) is 2.94. The van der Waals surface area contributed by atoms with Crippen LogP contribution in [-0.2, 0) is 19.6 Å². The highest BCUT2D eigenvalue weighted by atomic mass is 32.2. The second-order valence-corrected chi connectivity index (χ2v) is 9.62. The lowest BCUT2D eigenvalue weighted by atomic mass is 10.1. The van der Waals surface area contributed by atoms with Crippen molar-refractivity contribution in [2.24, 2.45) is 5.92 Å². The zero-order valence-electron chi connectivity index (χ0n) is 16.2. The van der Waals surface area contributed by atoms with Gasteiger partial charge in [0.25, 0.3) is 0 Å². The number of halogens is 1. The molecule has 0 aromatic heterocycles. The van der Waals surface area contributed by atoms with E-state index in [1.807, 2.05) is 18.7 Å². The minimum absolute atomic E-state index is 0.0760. The van der Waals surface area contributed by atoms with Crippen LogP contribution in [-0.4, -0.2) is 73.1 Å². The SMILES string of the molecule is CC(C)CCN1C(=O)C[C@@H](N2CCN(S(=O)(=O)c3cccc(F)c3)CC2)C1=O. The van der Waals surface area contributed by atoms with Crippen LogP contribution in [0.3, 0.4) is 0 Å². The van der Waals surface area contributed by atoms with Crippen molar-refractivity contribution >= 4 is 21.8 Å². The number of hydrogen-bond donors (Lipinski definition) is 0. The number of piperazine rings is 1. The molecule has 1 atom stereocenters. The predicted octanol–water partition coefficient (Wildman–Crippen LogP) is 1.31. The summed E-state index contributed by atoms with van der Waals surface area (Å²) in [6.45, 7) is 5.62. The molecule has 2 amide bonds. The molecule has 0 N–H and O–H groups in total. The monoisotopic (exact) mass is 411 g/mol. The second-order valence-electron chi connectivity index (χ2n) is 7.68. The van der Waals surface area contributed by atoms with Crippen molar-refractivity contribution < 1.29 is 22.4 Å². The molecule has 2 aliphatic rings. The summed E-state index contributed by atoms with van der Waals surface area (Å²) in [5, 5.41) is 0. The van der Waals surface area contributed by atoms with Gasteiger partial charge in [-0.2, -0.15) is 4.31 Å². The molecule has 1 aromatic carbocycles. The van der Waals surface area contributed by atoms with Gasteiger partial charge in [0.05, 0.1) is 17.4 Å². The van der Waals surface area contributed by atoms with Crippen LogP contribution in [0.2, 0.25) is 0 Å². The Morgan fingerprint density at radius 2 is 1.82 bits per heavy atom. The van der Waals surface area contributed by atoms with E-state index in [0.29, 0.717) is 25.6 Å². The van der Waals surface area contributed by atoms with Crippen molar-refractivity contribution in [2.75, 3.05) is 32.7 Å². The number of benzene rings is 1. The van der Waals surface area contributed by atoms with E-state index in [-0.39, 0.29) is 36.2 Å². The zero-order chi connectivity index (χ0) is 20.5. The van der Waals surface area contributed by atoms with E-state index in [9.17, 15) is 22.4 Å². The highest BCUT2D eigenvalue weighted by molar-refractivity contribution is 7.89. The van der Waals surface area contributed by atoms with Gasteiger partial charge >= 0.3 is 0 Å². The number of rotatable bonds is 6. The Morgan fingerprint density at radius 3 is 2.43 bits per heavy atom. The van der Waals surface area contributed by atoms with Crippen LogP contribution >= 0.6 is 0 Å². The molecule has 2 heterocycles. The smallest absolute Gasteiger partial charge is 0.247 e. The zero-order valence-corrected chi connectivity index (χ0v) is 17.0. The number of carbonyl (C=O) groups excluding carboxylic acids is 2. The third-order valence-electron chi connectivity index (χ3n) is 5.30. The molecule has 0 spiro atoms. The highest BCUT2D eigenvalue weighted by Crippen LogP contribution is 2.24. The van der Waals surface area contributed by atoms with Crippen molar-refractivity contribution in [3.05, 3.63) is 30.1 Å². The molecule has 9 heteroatoms. The van der Waals surface area contributed by atoms with E-state index in [1.54, 1.807) is 0 Å². The van der Waals surface area contributed by atoms with E-state index in [2.05, 4.69) is 0 Å². The van der Waals surface area contributed by atoms with E-state index in [1.165, 1.54) is 27.4 Å². The standard InChI is InChI=1S/C19H26FN3O4S/c1-14(2)6-7-23-18(24)13-17(19(23)25)21-8-10-22(11-9-21)28(26,27)16-5-3-4-15(20)12-16/h3-5,12,14,17H,6-11,13H2,1-2H3/t17-/m1/s1. The van der Waals surface area contributed by atoms with Gasteiger partial charge in [0.2, 0.25) is 21.8 Å². The highest BCUT2D eigenvalue weighted by Gasteiger charge is 2.43. The normalized spacial score (nSPS) is 22.4. The van der Waals surface area contributed by atoms with Crippen molar-refractivity contribution in [3.63, 3.8) is 0 Å². The fourth-order valence-corrected chi connectivity index (χ4v) is 5.06. The lowest BCUT2D eigenvalue weighted by molar-refractivity contribution is -0.140. The van der Waals surface area contributed by atoms with E-state index < -0.39 is 21.9 Å². The first kappa shape index (κ1) is 20.9. The molecule has 154 valence electrons. The van der Waals surface area contributed by atoms with E-state index in [4.69, 9.17) is 0 Å². The van der Waals surface area contributed by atoms with Crippen LogP contribution in [0.5, 0.6) is 0 Å². The molecule has 2 fully saturated rings. The molecule has 7 nitrogen and oxygen atoms in total. The first-order valence-corrected chi connectivity index (χ1v) is 11.0. The molecule has 0 unspecified atom stereocenters. The van der Waals surface area contributed by atoms with Gasteiger partial charge in [-0.05, 0) is 30.5 Å². The van der Waals surface area contributed by atoms with Crippen molar-refractivity contribution in [3.8, 4) is 0 Å². The molecular formula is C19H26FN3O4S. The van der Waals surface area contributed by atoms with Gasteiger partial charge in [-0.1, -0.05) is 19.9 Å². The van der Waals surface area contributed by atoms with Gasteiger partial charge in [0.15, 0.2) is 0 Å². The Balaban J connectivity index is 1.62. The molecular weight excluding hydrogens is 385 g/mol. The molecule has 2 saturated heterocycles. The second kappa shape index (κ2) is 8.26. The van der Waals surface area contributed by atoms with Crippen molar-refractivity contribution in [2.45, 2.75) is 37.6 Å². The Bertz CT molecular complexity index is 850. The molecule has 28 heavy (non-hydrogen) atoms. The minimum atomic E-state index is -3.78. The maximum atomic E-state index is 13.4. The van der Waals surface area contributed by atoms with Crippen LogP contribution in [0.4, 0.5) is 4.39 Å². The van der Waals surface area contributed by atoms with Gasteiger partial charge in [0, 0.05) is 32.7 Å². The number of carbonyl (C=O) groups is 2. The van der Waals surface area contributed by atoms with Crippen LogP contribution < -0.4 is 0 Å². The molecule has 3 rings (SSSR count). The summed E-state index contributed by atoms with van der Waals surface area (Å²) in [5.41, 5.74) is 0. The topological polar surface area (TPSA) is 78.0 Å². The Hall–Kier alpha value is -1.84. The Kier molecular flexibility index (Phi) is 6.16. The summed E-state index contributed by atoms with van der Waals surface area (Å²) in [6.07, 6.45) is 0.914. The van der Waals surface area contributed by atoms with Crippen molar-refractivity contribution in [1.29, 1.82) is 0 Å². The third kappa shape index (κ3) is 4.26. The fourth-order valence-electron chi connectivity index (χ4n) is 3.61. The lowest BCUT2D eigenvalue weighted by Crippen LogP contribution is -2.53. The van der Waals surface area contributed by atoms with E-state index >= 15 is 0 Å². The number of nitrogens with zero attached hydrogens (tertiary/aromatic N) is 3. The summed E-state index contributed by atoms with van der Waals surface area (Å²) in [4.78, 5) is 28.0. The quantitative estimate of drug-likeness (QED) is 0.660. The summed E-state index contributed by atoms with van der Waals surface area (Å²) >= 11 is 0. The largest absolute Gasteiger partial charge is 0.289 e. The summed E-state index contributed by atoms with van der Waals surface area (Å²) in [7, 11) is -3.78. The first-order chi connectivity index (χ1) is 13.2. The molecule has 0 radical (unpaired) electrons.